The van der Waals surface area contributed by atoms with Crippen LogP contribution in [-0.4, -0.2) is 22.3 Å². The zero-order valence-electron chi connectivity index (χ0n) is 12.1. The number of anilines is 1. The largest absolute Gasteiger partial charge is 0.383 e. The molecule has 0 bridgehead atoms. The van der Waals surface area contributed by atoms with E-state index in [1.807, 2.05) is 48.2 Å². The van der Waals surface area contributed by atoms with Gasteiger partial charge in [0.25, 0.3) is 5.91 Å². The van der Waals surface area contributed by atoms with Gasteiger partial charge in [0, 0.05) is 18.3 Å². The van der Waals surface area contributed by atoms with Gasteiger partial charge in [-0.1, -0.05) is 18.2 Å². The first kappa shape index (κ1) is 13.6. The van der Waals surface area contributed by atoms with Crippen molar-refractivity contribution in [1.82, 2.24) is 9.88 Å². The van der Waals surface area contributed by atoms with E-state index in [1.165, 1.54) is 0 Å². The number of likely N-dealkylation sites (tertiary alicyclic amines) is 1. The van der Waals surface area contributed by atoms with Crippen molar-refractivity contribution in [3.63, 3.8) is 0 Å². The second-order valence-corrected chi connectivity index (χ2v) is 5.49. The first-order chi connectivity index (χ1) is 10.2. The van der Waals surface area contributed by atoms with Crippen LogP contribution >= 0.6 is 0 Å². The number of carbonyl (C=O) groups excluding carboxylic acids is 1. The third kappa shape index (κ3) is 2.61. The molecule has 0 unspecified atom stereocenters. The summed E-state index contributed by atoms with van der Waals surface area (Å²) in [5, 5.41) is 0. The molecule has 1 aromatic carbocycles. The minimum atomic E-state index is 0.0904. The van der Waals surface area contributed by atoms with Crippen molar-refractivity contribution in [3.8, 4) is 0 Å². The smallest absolute Gasteiger partial charge is 0.254 e. The fraction of sp³-hybridized carbons (Fsp3) is 0.294. The Hall–Kier alpha value is -2.36. The summed E-state index contributed by atoms with van der Waals surface area (Å²) < 4.78 is 0. The number of aromatic nitrogens is 1. The van der Waals surface area contributed by atoms with Crippen LogP contribution in [0.1, 0.15) is 40.4 Å². The number of nitrogens with zero attached hydrogens (tertiary/aromatic N) is 2. The van der Waals surface area contributed by atoms with Gasteiger partial charge < -0.3 is 10.6 Å². The molecule has 0 radical (unpaired) electrons. The van der Waals surface area contributed by atoms with Crippen molar-refractivity contribution in [2.24, 2.45) is 0 Å². The zero-order chi connectivity index (χ0) is 14.8. The normalized spacial score (nSPS) is 18.0. The van der Waals surface area contributed by atoms with Crippen molar-refractivity contribution < 1.29 is 4.79 Å². The van der Waals surface area contributed by atoms with E-state index in [0.29, 0.717) is 5.82 Å². The number of hydrogen-bond acceptors (Lipinski definition) is 3. The van der Waals surface area contributed by atoms with Gasteiger partial charge in [-0.3, -0.25) is 4.79 Å². The molecular weight excluding hydrogens is 262 g/mol. The first-order valence-corrected chi connectivity index (χ1v) is 7.25. The van der Waals surface area contributed by atoms with Crippen LogP contribution in [0.2, 0.25) is 0 Å². The highest BCUT2D eigenvalue weighted by Gasteiger charge is 2.30. The second kappa shape index (κ2) is 5.56. The zero-order valence-corrected chi connectivity index (χ0v) is 12.1. The third-order valence-electron chi connectivity index (χ3n) is 4.06. The van der Waals surface area contributed by atoms with Crippen molar-refractivity contribution in [2.45, 2.75) is 25.8 Å². The monoisotopic (exact) mass is 281 g/mol. The Morgan fingerprint density at radius 2 is 2.10 bits per heavy atom. The fourth-order valence-corrected chi connectivity index (χ4v) is 2.89. The van der Waals surface area contributed by atoms with Gasteiger partial charge in [0.05, 0.1) is 6.04 Å². The molecule has 1 aliphatic heterocycles. The Bertz CT molecular complexity index is 654. The minimum Gasteiger partial charge on any atom is -0.383 e. The molecule has 1 fully saturated rings. The second-order valence-electron chi connectivity index (χ2n) is 5.49. The molecule has 2 N–H and O–H groups in total. The molecule has 21 heavy (non-hydrogen) atoms. The number of rotatable bonds is 2. The van der Waals surface area contributed by atoms with Gasteiger partial charge in [0.1, 0.15) is 5.82 Å². The highest BCUT2D eigenvalue weighted by atomic mass is 16.2. The van der Waals surface area contributed by atoms with Crippen LogP contribution in [0, 0.1) is 6.92 Å². The summed E-state index contributed by atoms with van der Waals surface area (Å²) in [6.45, 7) is 2.74. The highest BCUT2D eigenvalue weighted by Crippen LogP contribution is 2.33. The van der Waals surface area contributed by atoms with E-state index in [9.17, 15) is 4.79 Å². The van der Waals surface area contributed by atoms with Crippen molar-refractivity contribution in [2.75, 3.05) is 12.3 Å². The van der Waals surface area contributed by atoms with Gasteiger partial charge in [-0.15, -0.1) is 0 Å². The van der Waals surface area contributed by atoms with Crippen LogP contribution in [0.3, 0.4) is 0 Å². The number of nitrogens with two attached hydrogens (primary N) is 1. The molecule has 0 saturated carbocycles. The van der Waals surface area contributed by atoms with E-state index in [0.717, 1.165) is 36.1 Å². The summed E-state index contributed by atoms with van der Waals surface area (Å²) in [6, 6.07) is 11.6. The van der Waals surface area contributed by atoms with Gasteiger partial charge in [-0.25, -0.2) is 4.98 Å². The molecule has 1 atom stereocenters. The molecule has 1 aliphatic rings. The van der Waals surface area contributed by atoms with E-state index in [-0.39, 0.29) is 11.9 Å². The number of nitrogen functional groups attached to an aromatic ring is 1. The van der Waals surface area contributed by atoms with Crippen LogP contribution in [0.5, 0.6) is 0 Å². The Kier molecular flexibility index (Phi) is 3.60. The van der Waals surface area contributed by atoms with Crippen molar-refractivity contribution >= 4 is 11.7 Å². The average Bonchev–Trinajstić information content (AvgIpc) is 2.99. The van der Waals surface area contributed by atoms with Gasteiger partial charge >= 0.3 is 0 Å². The molecule has 108 valence electrons. The fourth-order valence-electron chi connectivity index (χ4n) is 2.89. The van der Waals surface area contributed by atoms with E-state index in [1.54, 1.807) is 6.20 Å². The lowest BCUT2D eigenvalue weighted by atomic mass is 10.0. The summed E-state index contributed by atoms with van der Waals surface area (Å²) >= 11 is 0. The van der Waals surface area contributed by atoms with Gasteiger partial charge in [-0.05, 0) is 49.1 Å². The van der Waals surface area contributed by atoms with Crippen LogP contribution in [0.25, 0.3) is 0 Å². The molecule has 4 nitrogen and oxygen atoms in total. The number of hydrogen-bond donors (Lipinski definition) is 1. The average molecular weight is 281 g/mol. The van der Waals surface area contributed by atoms with E-state index in [4.69, 9.17) is 5.73 Å². The predicted octanol–water partition coefficient (Wildman–Crippen LogP) is 2.95. The lowest BCUT2D eigenvalue weighted by Gasteiger charge is -2.25. The van der Waals surface area contributed by atoms with Crippen LogP contribution in [-0.2, 0) is 0 Å². The van der Waals surface area contributed by atoms with E-state index in [2.05, 4.69) is 4.98 Å². The summed E-state index contributed by atoms with van der Waals surface area (Å²) in [5.41, 5.74) is 8.56. The number of amides is 1. The SMILES string of the molecule is Cc1cc([C@@H]2CCCN2C(=O)c2ccccc2)cnc1N. The Morgan fingerprint density at radius 1 is 1.33 bits per heavy atom. The quantitative estimate of drug-likeness (QED) is 0.920. The Balaban J connectivity index is 1.88. The highest BCUT2D eigenvalue weighted by molar-refractivity contribution is 5.94. The maximum Gasteiger partial charge on any atom is 0.254 e. The van der Waals surface area contributed by atoms with Gasteiger partial charge in [0.2, 0.25) is 0 Å². The van der Waals surface area contributed by atoms with Crippen LogP contribution < -0.4 is 5.73 Å². The number of carbonyl (C=O) groups is 1. The first-order valence-electron chi connectivity index (χ1n) is 7.25. The van der Waals surface area contributed by atoms with Crippen molar-refractivity contribution in [1.29, 1.82) is 0 Å². The molecule has 4 heteroatoms. The lowest BCUT2D eigenvalue weighted by Crippen LogP contribution is -2.30. The summed E-state index contributed by atoms with van der Waals surface area (Å²) in [6.07, 6.45) is 3.79. The number of aryl methyl sites for hydroxylation is 1. The molecule has 0 aliphatic carbocycles. The summed E-state index contributed by atoms with van der Waals surface area (Å²) in [7, 11) is 0. The standard InChI is InChI=1S/C17H19N3O/c1-12-10-14(11-19-16(12)18)15-8-5-9-20(15)17(21)13-6-3-2-4-7-13/h2-4,6-7,10-11,15H,5,8-9H2,1H3,(H2,18,19)/t15-/m0/s1. The predicted molar refractivity (Wildman–Crippen MR) is 82.8 cm³/mol. The summed E-state index contributed by atoms with van der Waals surface area (Å²) in [4.78, 5) is 18.8. The number of benzene rings is 1. The van der Waals surface area contributed by atoms with E-state index >= 15 is 0 Å². The minimum absolute atomic E-state index is 0.0904. The number of pyridine rings is 1. The Labute approximate surface area is 124 Å². The Morgan fingerprint density at radius 3 is 2.81 bits per heavy atom. The molecule has 1 saturated heterocycles. The van der Waals surface area contributed by atoms with Gasteiger partial charge in [0.15, 0.2) is 0 Å². The van der Waals surface area contributed by atoms with Gasteiger partial charge in [-0.2, -0.15) is 0 Å². The van der Waals surface area contributed by atoms with E-state index < -0.39 is 0 Å². The molecule has 2 aromatic rings. The topological polar surface area (TPSA) is 59.2 Å². The molecule has 1 aromatic heterocycles. The molecule has 0 spiro atoms. The molecule has 2 heterocycles. The van der Waals surface area contributed by atoms with Crippen molar-refractivity contribution in [3.05, 3.63) is 59.3 Å². The molecule has 3 rings (SSSR count). The lowest BCUT2D eigenvalue weighted by molar-refractivity contribution is 0.0735. The molecular formula is C17H19N3O. The molecule has 1 amide bonds. The maximum atomic E-state index is 12.7. The maximum absolute atomic E-state index is 12.7. The van der Waals surface area contributed by atoms with Crippen LogP contribution in [0.15, 0.2) is 42.6 Å². The summed E-state index contributed by atoms with van der Waals surface area (Å²) in [5.74, 6) is 0.644. The third-order valence-corrected chi connectivity index (χ3v) is 4.06. The van der Waals surface area contributed by atoms with Crippen LogP contribution in [0.4, 0.5) is 5.82 Å².